The molecule has 1 saturated carbocycles. The Labute approximate surface area is 141 Å². The van der Waals surface area contributed by atoms with Crippen LogP contribution in [0.5, 0.6) is 0 Å². The summed E-state index contributed by atoms with van der Waals surface area (Å²) in [6.07, 6.45) is 3.43. The number of amides is 1. The van der Waals surface area contributed by atoms with E-state index < -0.39 is 5.60 Å². The van der Waals surface area contributed by atoms with Crippen LogP contribution in [-0.2, 0) is 16.1 Å². The molecule has 1 aliphatic heterocycles. The quantitative estimate of drug-likeness (QED) is 0.863. The molecule has 3 rings (SSSR count). The maximum absolute atomic E-state index is 14.3. The Morgan fingerprint density at radius 2 is 2.00 bits per heavy atom. The minimum absolute atomic E-state index is 0.126. The van der Waals surface area contributed by atoms with Crippen LogP contribution in [0.3, 0.4) is 0 Å². The van der Waals surface area contributed by atoms with Crippen LogP contribution in [0.15, 0.2) is 18.2 Å². The highest BCUT2D eigenvalue weighted by Crippen LogP contribution is 2.32. The molecule has 2 fully saturated rings. The van der Waals surface area contributed by atoms with E-state index in [9.17, 15) is 14.3 Å². The lowest BCUT2D eigenvalue weighted by molar-refractivity contribution is -0.126. The van der Waals surface area contributed by atoms with E-state index in [-0.39, 0.29) is 24.7 Å². The second-order valence-electron chi connectivity index (χ2n) is 6.77. The van der Waals surface area contributed by atoms with Crippen LogP contribution in [0.2, 0.25) is 0 Å². The summed E-state index contributed by atoms with van der Waals surface area (Å²) in [7, 11) is 0. The highest BCUT2D eigenvalue weighted by atomic mass is 19.1. The van der Waals surface area contributed by atoms with Crippen molar-refractivity contribution < 1.29 is 19.0 Å². The zero-order valence-corrected chi connectivity index (χ0v) is 13.9. The number of nitrogens with one attached hydrogen (secondary N) is 1. The van der Waals surface area contributed by atoms with Crippen molar-refractivity contribution in [2.24, 2.45) is 0 Å². The third-order valence-electron chi connectivity index (χ3n) is 4.88. The zero-order valence-electron chi connectivity index (χ0n) is 13.9. The molecule has 1 amide bonds. The Balaban J connectivity index is 1.53. The van der Waals surface area contributed by atoms with Gasteiger partial charge in [0.15, 0.2) is 0 Å². The van der Waals surface area contributed by atoms with E-state index in [1.165, 1.54) is 6.07 Å². The van der Waals surface area contributed by atoms with E-state index in [1.807, 2.05) is 11.0 Å². The van der Waals surface area contributed by atoms with Gasteiger partial charge in [-0.2, -0.15) is 0 Å². The zero-order chi connectivity index (χ0) is 17.0. The van der Waals surface area contributed by atoms with E-state index in [4.69, 9.17) is 4.74 Å². The van der Waals surface area contributed by atoms with Crippen molar-refractivity contribution in [1.29, 1.82) is 0 Å². The van der Waals surface area contributed by atoms with Crippen LogP contribution >= 0.6 is 0 Å². The Morgan fingerprint density at radius 1 is 1.29 bits per heavy atom. The van der Waals surface area contributed by atoms with Crippen LogP contribution in [0.1, 0.15) is 37.7 Å². The molecule has 0 spiro atoms. The summed E-state index contributed by atoms with van der Waals surface area (Å²) >= 11 is 0. The van der Waals surface area contributed by atoms with Crippen molar-refractivity contribution >= 4 is 11.6 Å². The molecule has 0 atom stereocenters. The fourth-order valence-electron chi connectivity index (χ4n) is 3.49. The van der Waals surface area contributed by atoms with Gasteiger partial charge in [-0.15, -0.1) is 0 Å². The van der Waals surface area contributed by atoms with Crippen molar-refractivity contribution in [3.63, 3.8) is 0 Å². The molecule has 2 aliphatic rings. The first-order valence-electron chi connectivity index (χ1n) is 8.66. The van der Waals surface area contributed by atoms with Gasteiger partial charge in [0, 0.05) is 19.6 Å². The first-order valence-corrected chi connectivity index (χ1v) is 8.66. The number of carbonyl (C=O) groups excluding carboxylic acids is 1. The lowest BCUT2D eigenvalue weighted by Gasteiger charge is -2.29. The van der Waals surface area contributed by atoms with Gasteiger partial charge in [-0.05, 0) is 30.5 Å². The van der Waals surface area contributed by atoms with Gasteiger partial charge in [-0.1, -0.05) is 18.9 Å². The molecule has 0 radical (unpaired) electrons. The average Bonchev–Trinajstić information content (AvgIpc) is 3.00. The Morgan fingerprint density at radius 3 is 2.67 bits per heavy atom. The predicted molar refractivity (Wildman–Crippen MR) is 89.3 cm³/mol. The summed E-state index contributed by atoms with van der Waals surface area (Å²) < 4.78 is 19.6. The number of aliphatic hydroxyl groups is 1. The van der Waals surface area contributed by atoms with Crippen LogP contribution in [0.25, 0.3) is 0 Å². The van der Waals surface area contributed by atoms with Gasteiger partial charge >= 0.3 is 0 Å². The largest absolute Gasteiger partial charge is 0.389 e. The van der Waals surface area contributed by atoms with Crippen LogP contribution in [-0.4, -0.2) is 42.9 Å². The fraction of sp³-hybridized carbons (Fsp3) is 0.611. The number of halogens is 1. The van der Waals surface area contributed by atoms with Crippen LogP contribution in [0, 0.1) is 5.82 Å². The molecular formula is C18H25FN2O3. The number of rotatable bonds is 5. The molecule has 0 aromatic heterocycles. The van der Waals surface area contributed by atoms with E-state index in [2.05, 4.69) is 5.32 Å². The van der Waals surface area contributed by atoms with Crippen LogP contribution in [0.4, 0.5) is 10.1 Å². The third-order valence-corrected chi connectivity index (χ3v) is 4.88. The van der Waals surface area contributed by atoms with Crippen molar-refractivity contribution in [2.45, 2.75) is 44.2 Å². The number of anilines is 1. The summed E-state index contributed by atoms with van der Waals surface area (Å²) in [6, 6.07) is 5.06. The molecule has 1 heterocycles. The standard InChI is InChI=1S/C18H25FN2O3/c19-15-11-14(3-4-16(15)21-7-9-24-10-8-21)13-20-17(22)12-18(23)5-1-2-6-18/h3-4,11,23H,1-2,5-10,12-13H2,(H,20,22). The summed E-state index contributed by atoms with van der Waals surface area (Å²) in [4.78, 5) is 14.0. The molecule has 1 aliphatic carbocycles. The summed E-state index contributed by atoms with van der Waals surface area (Å²) in [5.41, 5.74) is 0.445. The normalized spacial score (nSPS) is 20.2. The second-order valence-corrected chi connectivity index (χ2v) is 6.77. The molecule has 6 heteroatoms. The van der Waals surface area contributed by atoms with Gasteiger partial charge in [0.1, 0.15) is 5.82 Å². The first kappa shape index (κ1) is 17.2. The van der Waals surface area contributed by atoms with Crippen molar-refractivity contribution in [2.75, 3.05) is 31.2 Å². The van der Waals surface area contributed by atoms with Gasteiger partial charge in [0.05, 0.1) is 30.9 Å². The van der Waals surface area contributed by atoms with Crippen LogP contribution < -0.4 is 10.2 Å². The average molecular weight is 336 g/mol. The van der Waals surface area contributed by atoms with Crippen molar-refractivity contribution in [3.05, 3.63) is 29.6 Å². The number of morpholine rings is 1. The summed E-state index contributed by atoms with van der Waals surface area (Å²) in [6.45, 7) is 2.87. The Bertz CT molecular complexity index is 582. The van der Waals surface area contributed by atoms with Crippen molar-refractivity contribution in [1.82, 2.24) is 5.32 Å². The minimum Gasteiger partial charge on any atom is -0.389 e. The number of hydrogen-bond acceptors (Lipinski definition) is 4. The van der Waals surface area contributed by atoms with Crippen molar-refractivity contribution in [3.8, 4) is 0 Å². The van der Waals surface area contributed by atoms with Gasteiger partial charge in [-0.3, -0.25) is 4.79 Å². The lowest BCUT2D eigenvalue weighted by Crippen LogP contribution is -2.36. The number of carbonyl (C=O) groups is 1. The highest BCUT2D eigenvalue weighted by molar-refractivity contribution is 5.77. The monoisotopic (exact) mass is 336 g/mol. The molecule has 1 aromatic rings. The molecule has 132 valence electrons. The first-order chi connectivity index (χ1) is 11.6. The third kappa shape index (κ3) is 4.24. The topological polar surface area (TPSA) is 61.8 Å². The summed E-state index contributed by atoms with van der Waals surface area (Å²) in [5.74, 6) is -0.463. The molecule has 0 unspecified atom stereocenters. The van der Waals surface area contributed by atoms with E-state index in [1.54, 1.807) is 6.07 Å². The fourth-order valence-corrected chi connectivity index (χ4v) is 3.49. The highest BCUT2D eigenvalue weighted by Gasteiger charge is 2.33. The van der Waals surface area contributed by atoms with Gasteiger partial charge in [-0.25, -0.2) is 4.39 Å². The minimum atomic E-state index is -0.852. The SMILES string of the molecule is O=C(CC1(O)CCCC1)NCc1ccc(N2CCOCC2)c(F)c1. The second kappa shape index (κ2) is 7.49. The Kier molecular flexibility index (Phi) is 5.36. The maximum atomic E-state index is 14.3. The molecule has 1 aromatic carbocycles. The van der Waals surface area contributed by atoms with E-state index in [0.717, 1.165) is 18.4 Å². The molecule has 2 N–H and O–H groups in total. The Hall–Kier alpha value is -1.66. The van der Waals surface area contributed by atoms with E-state index in [0.29, 0.717) is 44.8 Å². The molecule has 5 nitrogen and oxygen atoms in total. The number of nitrogens with zero attached hydrogens (tertiary/aromatic N) is 1. The predicted octanol–water partition coefficient (Wildman–Crippen LogP) is 1.97. The van der Waals surface area contributed by atoms with Gasteiger partial charge in [0.2, 0.25) is 5.91 Å². The summed E-state index contributed by atoms with van der Waals surface area (Å²) in [5, 5.41) is 13.0. The lowest BCUT2D eigenvalue weighted by atomic mass is 9.97. The number of hydrogen-bond donors (Lipinski definition) is 2. The number of ether oxygens (including phenoxy) is 1. The van der Waals surface area contributed by atoms with Gasteiger partial charge < -0.3 is 20.1 Å². The number of benzene rings is 1. The smallest absolute Gasteiger partial charge is 0.223 e. The molecule has 24 heavy (non-hydrogen) atoms. The molecule has 0 bridgehead atoms. The van der Waals surface area contributed by atoms with Gasteiger partial charge in [0.25, 0.3) is 0 Å². The molecular weight excluding hydrogens is 311 g/mol. The maximum Gasteiger partial charge on any atom is 0.223 e. The van der Waals surface area contributed by atoms with E-state index >= 15 is 0 Å². The molecule has 1 saturated heterocycles.